The molecule has 1 aromatic carbocycles. The smallest absolute Gasteiger partial charge is 0.269 e. The predicted molar refractivity (Wildman–Crippen MR) is 94.8 cm³/mol. The van der Waals surface area contributed by atoms with Crippen LogP contribution in [-0.4, -0.2) is 47.1 Å². The average Bonchev–Trinajstić information content (AvgIpc) is 2.61. The molecule has 0 saturated carbocycles. The maximum absolute atomic E-state index is 13.0. The van der Waals surface area contributed by atoms with Crippen LogP contribution in [0, 0.1) is 10.1 Å². The van der Waals surface area contributed by atoms with Crippen molar-refractivity contribution in [1.29, 1.82) is 0 Å². The number of carbonyl (C=O) groups is 1. The molecule has 25 heavy (non-hydrogen) atoms. The van der Waals surface area contributed by atoms with Gasteiger partial charge in [0.15, 0.2) is 5.11 Å². The molecule has 1 saturated heterocycles. The SMILES string of the molecule is CC1=C(C(=O)N2CCOCC2)[C@@H](c2cccc([N+](=O)[O-])c2)NC(=S)N1. The van der Waals surface area contributed by atoms with Crippen molar-refractivity contribution in [2.45, 2.75) is 13.0 Å². The Kier molecular flexibility index (Phi) is 4.95. The van der Waals surface area contributed by atoms with Crippen LogP contribution in [-0.2, 0) is 9.53 Å². The van der Waals surface area contributed by atoms with Gasteiger partial charge in [0.1, 0.15) is 0 Å². The van der Waals surface area contributed by atoms with Gasteiger partial charge in [-0.2, -0.15) is 0 Å². The lowest BCUT2D eigenvalue weighted by atomic mass is 9.94. The fourth-order valence-electron chi connectivity index (χ4n) is 2.98. The number of nitro benzene ring substituents is 1. The summed E-state index contributed by atoms with van der Waals surface area (Å²) in [5.41, 5.74) is 1.75. The number of morpholine rings is 1. The molecule has 132 valence electrons. The van der Waals surface area contributed by atoms with Crippen molar-refractivity contribution < 1.29 is 14.5 Å². The van der Waals surface area contributed by atoms with Gasteiger partial charge in [-0.15, -0.1) is 0 Å². The number of hydrogen-bond donors (Lipinski definition) is 2. The Morgan fingerprint density at radius 2 is 2.12 bits per heavy atom. The van der Waals surface area contributed by atoms with Gasteiger partial charge < -0.3 is 20.3 Å². The first-order valence-electron chi connectivity index (χ1n) is 7.87. The number of carbonyl (C=O) groups excluding carboxylic acids is 1. The fraction of sp³-hybridized carbons (Fsp3) is 0.375. The van der Waals surface area contributed by atoms with Crippen molar-refractivity contribution in [3.8, 4) is 0 Å². The molecule has 0 aromatic heterocycles. The van der Waals surface area contributed by atoms with Crippen molar-refractivity contribution in [3.63, 3.8) is 0 Å². The summed E-state index contributed by atoms with van der Waals surface area (Å²) in [7, 11) is 0. The second-order valence-electron chi connectivity index (χ2n) is 5.83. The van der Waals surface area contributed by atoms with Crippen molar-refractivity contribution in [1.82, 2.24) is 15.5 Å². The molecule has 2 aliphatic rings. The second kappa shape index (κ2) is 7.16. The molecule has 0 unspecified atom stereocenters. The number of nitrogens with zero attached hydrogens (tertiary/aromatic N) is 2. The van der Waals surface area contributed by atoms with Crippen LogP contribution in [0.4, 0.5) is 5.69 Å². The average molecular weight is 362 g/mol. The normalized spacial score (nSPS) is 20.8. The molecule has 9 heteroatoms. The maximum atomic E-state index is 13.0. The molecule has 2 heterocycles. The monoisotopic (exact) mass is 362 g/mol. The third-order valence-electron chi connectivity index (χ3n) is 4.21. The third kappa shape index (κ3) is 3.62. The van der Waals surface area contributed by atoms with E-state index in [-0.39, 0.29) is 11.6 Å². The van der Waals surface area contributed by atoms with Gasteiger partial charge in [0.25, 0.3) is 11.6 Å². The summed E-state index contributed by atoms with van der Waals surface area (Å²) < 4.78 is 5.30. The van der Waals surface area contributed by atoms with E-state index in [9.17, 15) is 14.9 Å². The number of rotatable bonds is 3. The van der Waals surface area contributed by atoms with Gasteiger partial charge in [-0.25, -0.2) is 0 Å². The number of hydrogen-bond acceptors (Lipinski definition) is 5. The Hall–Kier alpha value is -2.52. The van der Waals surface area contributed by atoms with Crippen molar-refractivity contribution in [3.05, 3.63) is 51.2 Å². The predicted octanol–water partition coefficient (Wildman–Crippen LogP) is 1.25. The number of thiocarbonyl (C=S) groups is 1. The molecule has 2 N–H and O–H groups in total. The molecular formula is C16H18N4O4S. The molecule has 1 amide bonds. The highest BCUT2D eigenvalue weighted by molar-refractivity contribution is 7.80. The van der Waals surface area contributed by atoms with Crippen LogP contribution in [0.5, 0.6) is 0 Å². The van der Waals surface area contributed by atoms with Crippen LogP contribution in [0.2, 0.25) is 0 Å². The zero-order valence-electron chi connectivity index (χ0n) is 13.7. The summed E-state index contributed by atoms with van der Waals surface area (Å²) in [4.78, 5) is 25.4. The standard InChI is InChI=1S/C16H18N4O4S/c1-10-13(15(21)19-5-7-24-8-6-19)14(18-16(25)17-10)11-3-2-4-12(9-11)20(22)23/h2-4,9,14H,5-8H2,1H3,(H2,17,18,25)/t14-/m1/s1. The van der Waals surface area contributed by atoms with Gasteiger partial charge >= 0.3 is 0 Å². The summed E-state index contributed by atoms with van der Waals surface area (Å²) >= 11 is 5.21. The maximum Gasteiger partial charge on any atom is 0.269 e. The Balaban J connectivity index is 1.99. The first-order valence-corrected chi connectivity index (χ1v) is 8.28. The van der Waals surface area contributed by atoms with Crippen LogP contribution >= 0.6 is 12.2 Å². The number of nitro groups is 1. The molecule has 8 nitrogen and oxygen atoms in total. The molecule has 0 radical (unpaired) electrons. The van der Waals surface area contributed by atoms with Crippen LogP contribution in [0.1, 0.15) is 18.5 Å². The summed E-state index contributed by atoms with van der Waals surface area (Å²) in [6.45, 7) is 3.81. The van der Waals surface area contributed by atoms with E-state index in [2.05, 4.69) is 10.6 Å². The first kappa shape index (κ1) is 17.3. The zero-order valence-corrected chi connectivity index (χ0v) is 14.5. The van der Waals surface area contributed by atoms with Gasteiger partial charge in [0.05, 0.1) is 29.8 Å². The minimum Gasteiger partial charge on any atom is -0.378 e. The van der Waals surface area contributed by atoms with E-state index in [0.717, 1.165) is 0 Å². The highest BCUT2D eigenvalue weighted by atomic mass is 32.1. The number of non-ortho nitro benzene ring substituents is 1. The fourth-order valence-corrected chi connectivity index (χ4v) is 3.25. The number of benzene rings is 1. The number of ether oxygens (including phenoxy) is 1. The van der Waals surface area contributed by atoms with Crippen LogP contribution in [0.3, 0.4) is 0 Å². The van der Waals surface area contributed by atoms with Gasteiger partial charge in [0.2, 0.25) is 0 Å². The molecule has 0 bridgehead atoms. The minimum atomic E-state index is -0.538. The molecule has 1 aromatic rings. The van der Waals surface area contributed by atoms with Gasteiger partial charge in [0, 0.05) is 30.9 Å². The molecule has 1 fully saturated rings. The summed E-state index contributed by atoms with van der Waals surface area (Å²) in [6, 6.07) is 5.70. The van der Waals surface area contributed by atoms with E-state index < -0.39 is 11.0 Å². The van der Waals surface area contributed by atoms with E-state index in [1.165, 1.54) is 12.1 Å². The number of allylic oxidation sites excluding steroid dienone is 1. The van der Waals surface area contributed by atoms with Crippen LogP contribution in [0.25, 0.3) is 0 Å². The van der Waals surface area contributed by atoms with E-state index in [4.69, 9.17) is 17.0 Å². The van der Waals surface area contributed by atoms with Crippen LogP contribution < -0.4 is 10.6 Å². The summed E-state index contributed by atoms with van der Waals surface area (Å²) in [6.07, 6.45) is 0. The topological polar surface area (TPSA) is 96.7 Å². The molecule has 0 spiro atoms. The lowest BCUT2D eigenvalue weighted by Gasteiger charge is -2.34. The summed E-state index contributed by atoms with van der Waals surface area (Å²) in [5, 5.41) is 17.5. The van der Waals surface area contributed by atoms with Crippen LogP contribution in [0.15, 0.2) is 35.5 Å². The number of nitrogens with one attached hydrogen (secondary N) is 2. The third-order valence-corrected chi connectivity index (χ3v) is 4.43. The zero-order chi connectivity index (χ0) is 18.0. The van der Waals surface area contributed by atoms with Crippen molar-refractivity contribution in [2.75, 3.05) is 26.3 Å². The van der Waals surface area contributed by atoms with E-state index in [1.54, 1.807) is 24.0 Å². The Labute approximate surface area is 150 Å². The summed E-state index contributed by atoms with van der Waals surface area (Å²) in [5.74, 6) is -0.125. The Morgan fingerprint density at radius 3 is 2.80 bits per heavy atom. The molecule has 2 aliphatic heterocycles. The van der Waals surface area contributed by atoms with Gasteiger partial charge in [-0.05, 0) is 24.7 Å². The number of amides is 1. The molecule has 0 aliphatic carbocycles. The molecule has 1 atom stereocenters. The minimum absolute atomic E-state index is 0.0282. The largest absolute Gasteiger partial charge is 0.378 e. The highest BCUT2D eigenvalue weighted by Crippen LogP contribution is 2.30. The lowest BCUT2D eigenvalue weighted by molar-refractivity contribution is -0.384. The Bertz CT molecular complexity index is 758. The highest BCUT2D eigenvalue weighted by Gasteiger charge is 2.33. The van der Waals surface area contributed by atoms with E-state index >= 15 is 0 Å². The van der Waals surface area contributed by atoms with E-state index in [0.29, 0.717) is 48.2 Å². The quantitative estimate of drug-likeness (QED) is 0.474. The van der Waals surface area contributed by atoms with E-state index in [1.807, 2.05) is 0 Å². The molecule has 3 rings (SSSR count). The first-order chi connectivity index (χ1) is 12.0. The van der Waals surface area contributed by atoms with Gasteiger partial charge in [-0.1, -0.05) is 12.1 Å². The van der Waals surface area contributed by atoms with Crippen molar-refractivity contribution >= 4 is 28.9 Å². The molecular weight excluding hydrogens is 344 g/mol. The van der Waals surface area contributed by atoms with Gasteiger partial charge in [-0.3, -0.25) is 14.9 Å². The second-order valence-corrected chi connectivity index (χ2v) is 6.24. The Morgan fingerprint density at radius 1 is 1.40 bits per heavy atom. The lowest BCUT2D eigenvalue weighted by Crippen LogP contribution is -2.49. The van der Waals surface area contributed by atoms with Crippen molar-refractivity contribution in [2.24, 2.45) is 0 Å².